The second-order valence-electron chi connectivity index (χ2n) is 6.57. The molecule has 4 nitrogen and oxygen atoms in total. The monoisotopic (exact) mass is 292 g/mol. The van der Waals surface area contributed by atoms with E-state index in [9.17, 15) is 0 Å². The van der Waals surface area contributed by atoms with Gasteiger partial charge in [-0.15, -0.1) is 0 Å². The zero-order valence-electron chi connectivity index (χ0n) is 12.5. The summed E-state index contributed by atoms with van der Waals surface area (Å²) in [5.41, 5.74) is 7.66. The largest absolute Gasteiger partial charge is 0.389 e. The van der Waals surface area contributed by atoms with E-state index in [-0.39, 0.29) is 0 Å². The fourth-order valence-corrected chi connectivity index (χ4v) is 4.59. The Hall–Kier alpha value is -1.10. The molecule has 2 saturated carbocycles. The van der Waals surface area contributed by atoms with Gasteiger partial charge in [0.05, 0.1) is 11.3 Å². The number of fused-ring (bicyclic) bond motifs is 2. The van der Waals surface area contributed by atoms with Gasteiger partial charge >= 0.3 is 0 Å². The van der Waals surface area contributed by atoms with Gasteiger partial charge in [0.2, 0.25) is 0 Å². The fraction of sp³-hybridized carbons (Fsp3) is 0.733. The number of nitrogens with zero attached hydrogens (tertiary/aromatic N) is 2. The molecule has 1 aromatic heterocycles. The summed E-state index contributed by atoms with van der Waals surface area (Å²) < 4.78 is 1.87. The van der Waals surface area contributed by atoms with Crippen LogP contribution in [0, 0.1) is 24.7 Å². The van der Waals surface area contributed by atoms with Crippen molar-refractivity contribution in [3.8, 4) is 0 Å². The van der Waals surface area contributed by atoms with Crippen LogP contribution in [-0.2, 0) is 7.05 Å². The van der Waals surface area contributed by atoms with Gasteiger partial charge in [-0.3, -0.25) is 4.68 Å². The van der Waals surface area contributed by atoms with Gasteiger partial charge in [0, 0.05) is 13.1 Å². The Kier molecular flexibility index (Phi) is 3.48. The molecule has 110 valence electrons. The summed E-state index contributed by atoms with van der Waals surface area (Å²) in [6, 6.07) is 0.452. The standard InChI is InChI=1S/C15H24N4S/c1-8(12-7-10-4-5-11(12)6-10)17-15-13(14(16)20)9(2)18-19(15)3/h8,10-12,17H,4-7H2,1-3H3,(H2,16,20). The zero-order valence-corrected chi connectivity index (χ0v) is 13.3. The minimum absolute atomic E-state index is 0.429. The highest BCUT2D eigenvalue weighted by Gasteiger charge is 2.42. The van der Waals surface area contributed by atoms with Crippen molar-refractivity contribution in [2.24, 2.45) is 30.5 Å². The smallest absolute Gasteiger partial charge is 0.134 e. The van der Waals surface area contributed by atoms with E-state index in [0.29, 0.717) is 11.0 Å². The average Bonchev–Trinajstić information content (AvgIpc) is 3.04. The lowest BCUT2D eigenvalue weighted by molar-refractivity contribution is 0.303. The molecule has 0 radical (unpaired) electrons. The maximum Gasteiger partial charge on any atom is 0.134 e. The minimum atomic E-state index is 0.429. The topological polar surface area (TPSA) is 55.9 Å². The second kappa shape index (κ2) is 5.02. The maximum absolute atomic E-state index is 5.86. The number of nitrogens with two attached hydrogens (primary N) is 1. The molecule has 0 spiro atoms. The number of thiocarbonyl (C=S) groups is 1. The van der Waals surface area contributed by atoms with Gasteiger partial charge in [-0.1, -0.05) is 18.6 Å². The molecule has 0 aromatic carbocycles. The van der Waals surface area contributed by atoms with Crippen molar-refractivity contribution in [1.82, 2.24) is 9.78 Å². The minimum Gasteiger partial charge on any atom is -0.389 e. The molecule has 4 atom stereocenters. The molecule has 0 amide bonds. The molecule has 2 bridgehead atoms. The van der Waals surface area contributed by atoms with Crippen molar-refractivity contribution in [2.45, 2.75) is 45.6 Å². The highest BCUT2D eigenvalue weighted by Crippen LogP contribution is 2.49. The number of rotatable bonds is 4. The SMILES string of the molecule is Cc1nn(C)c(NC(C)C2CC3CCC2C3)c1C(N)=S. The van der Waals surface area contributed by atoms with E-state index in [1.54, 1.807) is 0 Å². The van der Waals surface area contributed by atoms with E-state index in [1.165, 1.54) is 25.7 Å². The van der Waals surface area contributed by atoms with Crippen molar-refractivity contribution in [2.75, 3.05) is 5.32 Å². The van der Waals surface area contributed by atoms with Gasteiger partial charge in [0.1, 0.15) is 10.8 Å². The molecular weight excluding hydrogens is 268 g/mol. The van der Waals surface area contributed by atoms with Gasteiger partial charge in [0.25, 0.3) is 0 Å². The maximum atomic E-state index is 5.86. The molecule has 1 heterocycles. The van der Waals surface area contributed by atoms with Gasteiger partial charge in [-0.05, 0) is 50.9 Å². The Morgan fingerprint density at radius 2 is 2.20 bits per heavy atom. The summed E-state index contributed by atoms with van der Waals surface area (Å²) in [6.07, 6.45) is 5.66. The molecule has 0 saturated heterocycles. The van der Waals surface area contributed by atoms with Crippen LogP contribution >= 0.6 is 12.2 Å². The molecule has 2 aliphatic rings. The van der Waals surface area contributed by atoms with Crippen molar-refractivity contribution >= 4 is 23.0 Å². The Labute approximate surface area is 126 Å². The van der Waals surface area contributed by atoms with E-state index in [1.807, 2.05) is 18.7 Å². The van der Waals surface area contributed by atoms with Crippen LogP contribution in [0.25, 0.3) is 0 Å². The third-order valence-corrected chi connectivity index (χ3v) is 5.47. The summed E-state index contributed by atoms with van der Waals surface area (Å²) in [7, 11) is 1.95. The van der Waals surface area contributed by atoms with Gasteiger partial charge < -0.3 is 11.1 Å². The molecule has 4 unspecified atom stereocenters. The molecular formula is C15H24N4S. The first-order valence-electron chi connectivity index (χ1n) is 7.57. The lowest BCUT2D eigenvalue weighted by Gasteiger charge is -2.29. The van der Waals surface area contributed by atoms with E-state index >= 15 is 0 Å². The number of aromatic nitrogens is 2. The zero-order chi connectivity index (χ0) is 14.4. The first kappa shape index (κ1) is 13.9. The molecule has 5 heteroatoms. The first-order valence-corrected chi connectivity index (χ1v) is 7.98. The van der Waals surface area contributed by atoms with Gasteiger partial charge in [-0.2, -0.15) is 5.10 Å². The highest BCUT2D eigenvalue weighted by molar-refractivity contribution is 7.80. The van der Waals surface area contributed by atoms with E-state index in [4.69, 9.17) is 18.0 Å². The number of anilines is 1. The first-order chi connectivity index (χ1) is 9.47. The quantitative estimate of drug-likeness (QED) is 0.838. The van der Waals surface area contributed by atoms with E-state index in [2.05, 4.69) is 17.3 Å². The van der Waals surface area contributed by atoms with Crippen molar-refractivity contribution in [1.29, 1.82) is 0 Å². The van der Waals surface area contributed by atoms with Crippen LogP contribution in [0.2, 0.25) is 0 Å². The highest BCUT2D eigenvalue weighted by atomic mass is 32.1. The summed E-state index contributed by atoms with van der Waals surface area (Å²) in [4.78, 5) is 0.429. The van der Waals surface area contributed by atoms with Crippen LogP contribution in [0.4, 0.5) is 5.82 Å². The number of hydrogen-bond acceptors (Lipinski definition) is 3. The van der Waals surface area contributed by atoms with Crippen LogP contribution in [0.3, 0.4) is 0 Å². The third-order valence-electron chi connectivity index (χ3n) is 5.27. The van der Waals surface area contributed by atoms with E-state index in [0.717, 1.165) is 34.8 Å². The second-order valence-corrected chi connectivity index (χ2v) is 7.01. The molecule has 1 aromatic rings. The van der Waals surface area contributed by atoms with E-state index < -0.39 is 0 Å². The van der Waals surface area contributed by atoms with Crippen LogP contribution in [0.1, 0.15) is 43.9 Å². The molecule has 20 heavy (non-hydrogen) atoms. The summed E-state index contributed by atoms with van der Waals surface area (Å²) in [5.74, 6) is 3.64. The Balaban J connectivity index is 1.79. The summed E-state index contributed by atoms with van der Waals surface area (Å²) in [5, 5.41) is 8.09. The van der Waals surface area contributed by atoms with Crippen molar-refractivity contribution in [3.05, 3.63) is 11.3 Å². The third kappa shape index (κ3) is 2.22. The Morgan fingerprint density at radius 1 is 1.45 bits per heavy atom. The summed E-state index contributed by atoms with van der Waals surface area (Å²) in [6.45, 7) is 4.25. The number of hydrogen-bond donors (Lipinski definition) is 2. The van der Waals surface area contributed by atoms with Crippen LogP contribution < -0.4 is 11.1 Å². The lowest BCUT2D eigenvalue weighted by atomic mass is 9.84. The van der Waals surface area contributed by atoms with Crippen LogP contribution in [0.15, 0.2) is 0 Å². The normalized spacial score (nSPS) is 29.6. The number of nitrogens with one attached hydrogen (secondary N) is 1. The lowest BCUT2D eigenvalue weighted by Crippen LogP contribution is -2.31. The van der Waals surface area contributed by atoms with Crippen LogP contribution in [-0.4, -0.2) is 20.8 Å². The summed E-state index contributed by atoms with van der Waals surface area (Å²) >= 11 is 5.18. The predicted octanol–water partition coefficient (Wildman–Crippen LogP) is 2.60. The van der Waals surface area contributed by atoms with Crippen molar-refractivity contribution in [3.63, 3.8) is 0 Å². The molecule has 3 rings (SSSR count). The fourth-order valence-electron chi connectivity index (χ4n) is 4.35. The van der Waals surface area contributed by atoms with Crippen molar-refractivity contribution < 1.29 is 0 Å². The molecule has 3 N–H and O–H groups in total. The van der Waals surface area contributed by atoms with Gasteiger partial charge in [-0.25, -0.2) is 0 Å². The number of aryl methyl sites for hydroxylation is 2. The predicted molar refractivity (Wildman–Crippen MR) is 85.9 cm³/mol. The molecule has 2 aliphatic carbocycles. The van der Waals surface area contributed by atoms with Crippen LogP contribution in [0.5, 0.6) is 0 Å². The molecule has 2 fully saturated rings. The molecule has 0 aliphatic heterocycles. The Morgan fingerprint density at radius 3 is 2.75 bits per heavy atom. The van der Waals surface area contributed by atoms with Gasteiger partial charge in [0.15, 0.2) is 0 Å². The average molecular weight is 292 g/mol. The Bertz CT molecular complexity index is 536.